The van der Waals surface area contributed by atoms with E-state index in [0.29, 0.717) is 10.6 Å². The molecule has 0 radical (unpaired) electrons. The van der Waals surface area contributed by atoms with Crippen LogP contribution >= 0.6 is 11.6 Å². The molecule has 0 bridgehead atoms. The normalized spacial score (nSPS) is 12.5. The number of halogens is 2. The van der Waals surface area contributed by atoms with Gasteiger partial charge in [-0.2, -0.15) is 0 Å². The van der Waals surface area contributed by atoms with Crippen molar-refractivity contribution in [3.63, 3.8) is 0 Å². The molecule has 0 saturated heterocycles. The largest absolute Gasteiger partial charge is 0.310 e. The van der Waals surface area contributed by atoms with Crippen LogP contribution in [0.2, 0.25) is 5.02 Å². The molecule has 0 fully saturated rings. The lowest BCUT2D eigenvalue weighted by Gasteiger charge is -2.16. The van der Waals surface area contributed by atoms with Crippen LogP contribution in [-0.4, -0.2) is 6.54 Å². The van der Waals surface area contributed by atoms with E-state index in [1.165, 1.54) is 0 Å². The molecule has 0 aliphatic rings. The summed E-state index contributed by atoms with van der Waals surface area (Å²) in [6, 6.07) is 9.36. The van der Waals surface area contributed by atoms with Gasteiger partial charge in [0.1, 0.15) is 5.82 Å². The number of aryl methyl sites for hydroxylation is 2. The van der Waals surface area contributed by atoms with Gasteiger partial charge >= 0.3 is 0 Å². The maximum atomic E-state index is 14.3. The van der Waals surface area contributed by atoms with Gasteiger partial charge in [0.05, 0.1) is 0 Å². The van der Waals surface area contributed by atoms with Crippen LogP contribution in [0.4, 0.5) is 4.39 Å². The van der Waals surface area contributed by atoms with Gasteiger partial charge in [-0.15, -0.1) is 0 Å². The van der Waals surface area contributed by atoms with E-state index in [0.717, 1.165) is 28.8 Å². The first kappa shape index (κ1) is 16.0. The average molecular weight is 306 g/mol. The van der Waals surface area contributed by atoms with Gasteiger partial charge in [0.2, 0.25) is 0 Å². The molecule has 0 heterocycles. The third kappa shape index (κ3) is 3.45. The van der Waals surface area contributed by atoms with Crippen molar-refractivity contribution < 1.29 is 4.39 Å². The lowest BCUT2D eigenvalue weighted by Crippen LogP contribution is -2.17. The quantitative estimate of drug-likeness (QED) is 0.794. The summed E-state index contributed by atoms with van der Waals surface area (Å²) in [7, 11) is 0. The summed E-state index contributed by atoms with van der Waals surface area (Å²) in [4.78, 5) is 0. The van der Waals surface area contributed by atoms with Gasteiger partial charge in [0.25, 0.3) is 0 Å². The van der Waals surface area contributed by atoms with Crippen LogP contribution in [-0.2, 0) is 0 Å². The van der Waals surface area contributed by atoms with Crippen molar-refractivity contribution in [1.29, 1.82) is 0 Å². The van der Waals surface area contributed by atoms with Crippen LogP contribution in [0.15, 0.2) is 30.3 Å². The van der Waals surface area contributed by atoms with E-state index in [1.54, 1.807) is 6.07 Å². The van der Waals surface area contributed by atoms with Crippen molar-refractivity contribution in [1.82, 2.24) is 5.32 Å². The van der Waals surface area contributed by atoms with E-state index >= 15 is 0 Å². The molecule has 0 amide bonds. The zero-order valence-electron chi connectivity index (χ0n) is 12.9. The van der Waals surface area contributed by atoms with Gasteiger partial charge < -0.3 is 5.32 Å². The van der Waals surface area contributed by atoms with E-state index in [-0.39, 0.29) is 11.9 Å². The number of nitrogens with one attached hydrogen (secondary N) is 1. The van der Waals surface area contributed by atoms with Gasteiger partial charge in [-0.1, -0.05) is 24.6 Å². The number of hydrogen-bond acceptors (Lipinski definition) is 1. The number of rotatable bonds is 4. The van der Waals surface area contributed by atoms with Crippen molar-refractivity contribution in [3.8, 4) is 11.1 Å². The summed E-state index contributed by atoms with van der Waals surface area (Å²) in [6.45, 7) is 8.93. The summed E-state index contributed by atoms with van der Waals surface area (Å²) in [6.07, 6.45) is 0. The number of benzene rings is 2. The predicted octanol–water partition coefficient (Wildman–Crippen LogP) is 5.43. The lowest BCUT2D eigenvalue weighted by molar-refractivity contribution is 0.593. The summed E-state index contributed by atoms with van der Waals surface area (Å²) >= 11 is 6.13. The second kappa shape index (κ2) is 6.59. The molecule has 0 aliphatic heterocycles. The Balaban J connectivity index is 2.53. The van der Waals surface area contributed by atoms with Crippen LogP contribution in [0.3, 0.4) is 0 Å². The highest BCUT2D eigenvalue weighted by Crippen LogP contribution is 2.32. The third-order valence-corrected chi connectivity index (χ3v) is 4.20. The summed E-state index contributed by atoms with van der Waals surface area (Å²) in [5.41, 5.74) is 4.56. The SMILES string of the molecule is CCNC(C)c1ccc(F)c(-c2cc(C)c(Cl)cc2C)c1. The van der Waals surface area contributed by atoms with E-state index in [9.17, 15) is 4.39 Å². The highest BCUT2D eigenvalue weighted by Gasteiger charge is 2.13. The Bertz CT molecular complexity index is 652. The van der Waals surface area contributed by atoms with Crippen molar-refractivity contribution in [2.75, 3.05) is 6.54 Å². The van der Waals surface area contributed by atoms with Crippen LogP contribution in [0.1, 0.15) is 36.6 Å². The van der Waals surface area contributed by atoms with E-state index in [2.05, 4.69) is 19.2 Å². The second-order valence-corrected chi connectivity index (χ2v) is 5.84. The maximum absolute atomic E-state index is 14.3. The molecule has 2 aromatic carbocycles. The second-order valence-electron chi connectivity index (χ2n) is 5.43. The average Bonchev–Trinajstić information content (AvgIpc) is 2.44. The van der Waals surface area contributed by atoms with Gasteiger partial charge in [-0.05, 0) is 73.8 Å². The standard InChI is InChI=1S/C18H21ClFN/c1-5-21-13(4)14-6-7-18(20)16(10-14)15-8-12(3)17(19)9-11(15)2/h6-10,13,21H,5H2,1-4H3. The Hall–Kier alpha value is -1.38. The highest BCUT2D eigenvalue weighted by molar-refractivity contribution is 6.31. The van der Waals surface area contributed by atoms with Crippen LogP contribution in [0, 0.1) is 19.7 Å². The van der Waals surface area contributed by atoms with Crippen molar-refractivity contribution in [3.05, 3.63) is 57.9 Å². The first-order valence-electron chi connectivity index (χ1n) is 7.24. The zero-order chi connectivity index (χ0) is 15.6. The van der Waals surface area contributed by atoms with Crippen molar-refractivity contribution >= 4 is 11.6 Å². The Kier molecular flexibility index (Phi) is 5.02. The molecule has 0 saturated carbocycles. The van der Waals surface area contributed by atoms with E-state index in [1.807, 2.05) is 38.1 Å². The zero-order valence-corrected chi connectivity index (χ0v) is 13.7. The fourth-order valence-corrected chi connectivity index (χ4v) is 2.73. The molecule has 0 aromatic heterocycles. The Labute approximate surface area is 131 Å². The molecule has 1 nitrogen and oxygen atoms in total. The van der Waals surface area contributed by atoms with E-state index < -0.39 is 0 Å². The molecule has 112 valence electrons. The molecule has 3 heteroatoms. The Morgan fingerprint density at radius 1 is 1.10 bits per heavy atom. The van der Waals surface area contributed by atoms with Gasteiger partial charge in [0.15, 0.2) is 0 Å². The predicted molar refractivity (Wildman–Crippen MR) is 88.4 cm³/mol. The Morgan fingerprint density at radius 3 is 2.48 bits per heavy atom. The molecule has 0 aliphatic carbocycles. The first-order valence-corrected chi connectivity index (χ1v) is 7.61. The molecule has 1 unspecified atom stereocenters. The lowest BCUT2D eigenvalue weighted by atomic mass is 9.95. The minimum atomic E-state index is -0.202. The monoisotopic (exact) mass is 305 g/mol. The third-order valence-electron chi connectivity index (χ3n) is 3.80. The smallest absolute Gasteiger partial charge is 0.131 e. The van der Waals surface area contributed by atoms with E-state index in [4.69, 9.17) is 11.6 Å². The highest BCUT2D eigenvalue weighted by atomic mass is 35.5. The summed E-state index contributed by atoms with van der Waals surface area (Å²) in [5, 5.41) is 4.07. The molecule has 21 heavy (non-hydrogen) atoms. The van der Waals surface area contributed by atoms with Crippen molar-refractivity contribution in [2.45, 2.75) is 33.7 Å². The fourth-order valence-electron chi connectivity index (χ4n) is 2.51. The molecular formula is C18H21ClFN. The molecule has 1 atom stereocenters. The maximum Gasteiger partial charge on any atom is 0.131 e. The van der Waals surface area contributed by atoms with Gasteiger partial charge in [0, 0.05) is 16.6 Å². The molecule has 2 rings (SSSR count). The van der Waals surface area contributed by atoms with Crippen LogP contribution in [0.5, 0.6) is 0 Å². The summed E-state index contributed by atoms with van der Waals surface area (Å²) in [5.74, 6) is -0.202. The Morgan fingerprint density at radius 2 is 1.81 bits per heavy atom. The molecular weight excluding hydrogens is 285 g/mol. The summed E-state index contributed by atoms with van der Waals surface area (Å²) < 4.78 is 14.3. The van der Waals surface area contributed by atoms with Crippen LogP contribution in [0.25, 0.3) is 11.1 Å². The topological polar surface area (TPSA) is 12.0 Å². The van der Waals surface area contributed by atoms with Crippen LogP contribution < -0.4 is 5.32 Å². The molecule has 0 spiro atoms. The van der Waals surface area contributed by atoms with Crippen molar-refractivity contribution in [2.24, 2.45) is 0 Å². The first-order chi connectivity index (χ1) is 9.93. The van der Waals surface area contributed by atoms with Gasteiger partial charge in [-0.25, -0.2) is 4.39 Å². The minimum absolute atomic E-state index is 0.197. The fraction of sp³-hybridized carbons (Fsp3) is 0.333. The molecule has 2 aromatic rings. The molecule has 1 N–H and O–H groups in total. The van der Waals surface area contributed by atoms with Gasteiger partial charge in [-0.3, -0.25) is 0 Å². The number of hydrogen-bond donors (Lipinski definition) is 1. The minimum Gasteiger partial charge on any atom is -0.310 e.